The van der Waals surface area contributed by atoms with Crippen molar-refractivity contribution in [2.45, 2.75) is 13.1 Å². The molecule has 0 spiro atoms. The summed E-state index contributed by atoms with van der Waals surface area (Å²) >= 11 is 0. The first-order valence-electron chi connectivity index (χ1n) is 6.04. The van der Waals surface area contributed by atoms with Crippen LogP contribution in [0.1, 0.15) is 21.5 Å². The zero-order valence-corrected chi connectivity index (χ0v) is 10.5. The molecule has 2 aromatic carbocycles. The van der Waals surface area contributed by atoms with Gasteiger partial charge in [0.2, 0.25) is 0 Å². The number of phenols is 1. The molecule has 0 radical (unpaired) electrons. The van der Waals surface area contributed by atoms with Crippen molar-refractivity contribution in [3.05, 3.63) is 65.2 Å². The van der Waals surface area contributed by atoms with Gasteiger partial charge in [0.15, 0.2) is 0 Å². The van der Waals surface area contributed by atoms with Gasteiger partial charge in [-0.25, -0.2) is 0 Å². The van der Waals surface area contributed by atoms with E-state index in [1.165, 1.54) is 12.1 Å². The first-order valence-corrected chi connectivity index (χ1v) is 6.04. The van der Waals surface area contributed by atoms with Gasteiger partial charge < -0.3 is 16.2 Å². The standard InChI is InChI=1S/C15H16N2O2/c16-9-11-4-6-12(7-5-11)10-17-15(19)13-2-1-3-14(18)8-13/h1-8,18H,9-10,16H2,(H,17,19). The number of aromatic hydroxyl groups is 1. The van der Waals surface area contributed by atoms with Crippen molar-refractivity contribution in [2.75, 3.05) is 0 Å². The second kappa shape index (κ2) is 6.02. The summed E-state index contributed by atoms with van der Waals surface area (Å²) in [6.07, 6.45) is 0. The molecule has 4 nitrogen and oxygen atoms in total. The lowest BCUT2D eigenvalue weighted by Gasteiger charge is -2.06. The minimum atomic E-state index is -0.209. The van der Waals surface area contributed by atoms with Gasteiger partial charge in [-0.1, -0.05) is 30.3 Å². The van der Waals surface area contributed by atoms with E-state index in [1.54, 1.807) is 12.1 Å². The van der Waals surface area contributed by atoms with Crippen molar-refractivity contribution >= 4 is 5.91 Å². The molecule has 0 aliphatic rings. The van der Waals surface area contributed by atoms with E-state index in [0.29, 0.717) is 18.7 Å². The van der Waals surface area contributed by atoms with Gasteiger partial charge in [0.25, 0.3) is 5.91 Å². The van der Waals surface area contributed by atoms with Gasteiger partial charge in [0.1, 0.15) is 5.75 Å². The number of nitrogens with one attached hydrogen (secondary N) is 1. The summed E-state index contributed by atoms with van der Waals surface area (Å²) < 4.78 is 0. The van der Waals surface area contributed by atoms with Crippen LogP contribution >= 0.6 is 0 Å². The summed E-state index contributed by atoms with van der Waals surface area (Å²) in [5, 5.41) is 12.1. The molecule has 0 atom stereocenters. The second-order valence-electron chi connectivity index (χ2n) is 4.25. The first-order chi connectivity index (χ1) is 9.19. The molecular formula is C15H16N2O2. The molecule has 0 saturated heterocycles. The van der Waals surface area contributed by atoms with Crippen LogP contribution in [0.15, 0.2) is 48.5 Å². The van der Waals surface area contributed by atoms with Gasteiger partial charge in [-0.3, -0.25) is 4.79 Å². The molecule has 0 unspecified atom stereocenters. The monoisotopic (exact) mass is 256 g/mol. The Morgan fingerprint density at radius 2 is 1.79 bits per heavy atom. The molecule has 0 bridgehead atoms. The minimum Gasteiger partial charge on any atom is -0.508 e. The molecular weight excluding hydrogens is 240 g/mol. The fourth-order valence-electron chi connectivity index (χ4n) is 1.72. The molecule has 2 aromatic rings. The molecule has 4 heteroatoms. The third-order valence-electron chi connectivity index (χ3n) is 2.82. The second-order valence-corrected chi connectivity index (χ2v) is 4.25. The summed E-state index contributed by atoms with van der Waals surface area (Å²) in [4.78, 5) is 11.9. The third-order valence-corrected chi connectivity index (χ3v) is 2.82. The maximum atomic E-state index is 11.9. The SMILES string of the molecule is NCc1ccc(CNC(=O)c2cccc(O)c2)cc1. The van der Waals surface area contributed by atoms with Crippen LogP contribution < -0.4 is 11.1 Å². The van der Waals surface area contributed by atoms with Crippen LogP contribution in [-0.4, -0.2) is 11.0 Å². The first kappa shape index (κ1) is 13.1. The van der Waals surface area contributed by atoms with Crippen molar-refractivity contribution < 1.29 is 9.90 Å². The van der Waals surface area contributed by atoms with Crippen LogP contribution in [0, 0.1) is 0 Å². The Labute approximate surface area is 111 Å². The average molecular weight is 256 g/mol. The lowest BCUT2D eigenvalue weighted by atomic mass is 10.1. The molecule has 0 heterocycles. The van der Waals surface area contributed by atoms with E-state index in [2.05, 4.69) is 5.32 Å². The van der Waals surface area contributed by atoms with Crippen LogP contribution in [0.5, 0.6) is 5.75 Å². The zero-order valence-electron chi connectivity index (χ0n) is 10.5. The van der Waals surface area contributed by atoms with E-state index in [1.807, 2.05) is 24.3 Å². The molecule has 0 fully saturated rings. The number of carbonyl (C=O) groups excluding carboxylic acids is 1. The fourth-order valence-corrected chi connectivity index (χ4v) is 1.72. The van der Waals surface area contributed by atoms with E-state index >= 15 is 0 Å². The average Bonchev–Trinajstić information content (AvgIpc) is 2.45. The van der Waals surface area contributed by atoms with Gasteiger partial charge in [-0.15, -0.1) is 0 Å². The molecule has 19 heavy (non-hydrogen) atoms. The molecule has 0 aliphatic carbocycles. The normalized spacial score (nSPS) is 10.2. The highest BCUT2D eigenvalue weighted by molar-refractivity contribution is 5.94. The summed E-state index contributed by atoms with van der Waals surface area (Å²) in [5.74, 6) is -0.126. The summed E-state index contributed by atoms with van der Waals surface area (Å²) in [5.41, 5.74) is 8.03. The number of hydrogen-bond acceptors (Lipinski definition) is 3. The van der Waals surface area contributed by atoms with Crippen molar-refractivity contribution in [3.63, 3.8) is 0 Å². The lowest BCUT2D eigenvalue weighted by Crippen LogP contribution is -2.22. The maximum Gasteiger partial charge on any atom is 0.251 e. The number of phenolic OH excluding ortho intramolecular Hbond substituents is 1. The number of nitrogens with two attached hydrogens (primary N) is 1. The van der Waals surface area contributed by atoms with E-state index in [-0.39, 0.29) is 11.7 Å². The van der Waals surface area contributed by atoms with Crippen molar-refractivity contribution in [1.29, 1.82) is 0 Å². The molecule has 2 rings (SSSR count). The van der Waals surface area contributed by atoms with Gasteiger partial charge in [-0.05, 0) is 29.3 Å². The van der Waals surface area contributed by atoms with Crippen LogP contribution in [0.3, 0.4) is 0 Å². The van der Waals surface area contributed by atoms with E-state index in [9.17, 15) is 9.90 Å². The minimum absolute atomic E-state index is 0.0833. The van der Waals surface area contributed by atoms with Gasteiger partial charge in [-0.2, -0.15) is 0 Å². The van der Waals surface area contributed by atoms with Crippen molar-refractivity contribution in [2.24, 2.45) is 5.73 Å². The van der Waals surface area contributed by atoms with Crippen LogP contribution in [0.4, 0.5) is 0 Å². The Morgan fingerprint density at radius 1 is 1.11 bits per heavy atom. The predicted molar refractivity (Wildman–Crippen MR) is 73.6 cm³/mol. The van der Waals surface area contributed by atoms with E-state index in [4.69, 9.17) is 5.73 Å². The summed E-state index contributed by atoms with van der Waals surface area (Å²) in [7, 11) is 0. The highest BCUT2D eigenvalue weighted by Crippen LogP contribution is 2.11. The van der Waals surface area contributed by atoms with Gasteiger partial charge in [0.05, 0.1) is 0 Å². The van der Waals surface area contributed by atoms with Crippen LogP contribution in [-0.2, 0) is 13.1 Å². The number of amides is 1. The molecule has 0 aromatic heterocycles. The zero-order chi connectivity index (χ0) is 13.7. The quantitative estimate of drug-likeness (QED) is 0.780. The summed E-state index contributed by atoms with van der Waals surface area (Å²) in [6.45, 7) is 0.954. The summed E-state index contributed by atoms with van der Waals surface area (Å²) in [6, 6.07) is 14.0. The highest BCUT2D eigenvalue weighted by atomic mass is 16.3. The Hall–Kier alpha value is -2.33. The Balaban J connectivity index is 1.96. The molecule has 0 aliphatic heterocycles. The number of carbonyl (C=O) groups is 1. The Bertz CT molecular complexity index is 565. The topological polar surface area (TPSA) is 75.3 Å². The van der Waals surface area contributed by atoms with Crippen LogP contribution in [0.2, 0.25) is 0 Å². The molecule has 1 amide bonds. The molecule has 0 saturated carbocycles. The highest BCUT2D eigenvalue weighted by Gasteiger charge is 2.05. The molecule has 4 N–H and O–H groups in total. The van der Waals surface area contributed by atoms with Gasteiger partial charge >= 0.3 is 0 Å². The third kappa shape index (κ3) is 3.56. The fraction of sp³-hybridized carbons (Fsp3) is 0.133. The number of rotatable bonds is 4. The van der Waals surface area contributed by atoms with E-state index in [0.717, 1.165) is 11.1 Å². The van der Waals surface area contributed by atoms with Crippen molar-refractivity contribution in [3.8, 4) is 5.75 Å². The number of hydrogen-bond donors (Lipinski definition) is 3. The van der Waals surface area contributed by atoms with E-state index < -0.39 is 0 Å². The molecule has 98 valence electrons. The van der Waals surface area contributed by atoms with Gasteiger partial charge in [0, 0.05) is 18.7 Å². The Morgan fingerprint density at radius 3 is 2.42 bits per heavy atom. The van der Waals surface area contributed by atoms with Crippen molar-refractivity contribution in [1.82, 2.24) is 5.32 Å². The smallest absolute Gasteiger partial charge is 0.251 e. The number of benzene rings is 2. The van der Waals surface area contributed by atoms with Crippen LogP contribution in [0.25, 0.3) is 0 Å². The Kier molecular flexibility index (Phi) is 4.15. The predicted octanol–water partition coefficient (Wildman–Crippen LogP) is 1.78. The maximum absolute atomic E-state index is 11.9. The lowest BCUT2D eigenvalue weighted by molar-refractivity contribution is 0.0950. The largest absolute Gasteiger partial charge is 0.508 e.